The van der Waals surface area contributed by atoms with E-state index in [2.05, 4.69) is 39.8 Å². The smallest absolute Gasteiger partial charge is 0.0351 e. The molecule has 0 saturated heterocycles. The van der Waals surface area contributed by atoms with E-state index >= 15 is 0 Å². The Morgan fingerprint density at radius 2 is 0.700 bits per heavy atom. The quantitative estimate of drug-likeness (QED) is 0.107. The molecule has 0 fully saturated rings. The Hall–Kier alpha value is -0.260. The molecule has 0 amide bonds. The van der Waals surface area contributed by atoms with Gasteiger partial charge >= 0.3 is 0 Å². The van der Waals surface area contributed by atoms with Crippen LogP contribution in [0.25, 0.3) is 0 Å². The van der Waals surface area contributed by atoms with E-state index < -0.39 is 0 Å². The fraction of sp³-hybridized carbons (Fsp3) is 0.933. The van der Waals surface area contributed by atoms with Gasteiger partial charge < -0.3 is 0 Å². The van der Waals surface area contributed by atoms with Crippen molar-refractivity contribution < 1.29 is 0 Å². The second-order valence-electron chi connectivity index (χ2n) is 9.97. The fourth-order valence-corrected chi connectivity index (χ4v) is 4.93. The highest BCUT2D eigenvalue weighted by atomic mass is 14.3. The molecule has 30 heavy (non-hydrogen) atoms. The Morgan fingerprint density at radius 3 is 1.13 bits per heavy atom. The van der Waals surface area contributed by atoms with Gasteiger partial charge in [-0.3, -0.25) is 0 Å². The molecule has 0 N–H and O–H groups in total. The van der Waals surface area contributed by atoms with E-state index in [0.717, 1.165) is 11.8 Å². The van der Waals surface area contributed by atoms with Gasteiger partial charge in [0.2, 0.25) is 0 Å². The zero-order chi connectivity index (χ0) is 22.1. The van der Waals surface area contributed by atoms with Crippen molar-refractivity contribution in [3.8, 4) is 0 Å². The van der Waals surface area contributed by atoms with Gasteiger partial charge in [-0.15, -0.1) is 0 Å². The summed E-state index contributed by atoms with van der Waals surface area (Å²) in [4.78, 5) is 0. The van der Waals surface area contributed by atoms with Gasteiger partial charge in [0.1, 0.15) is 0 Å². The predicted octanol–water partition coefficient (Wildman–Crippen LogP) is 11.4. The van der Waals surface area contributed by atoms with Gasteiger partial charge in [0.25, 0.3) is 0 Å². The van der Waals surface area contributed by atoms with Crippen LogP contribution in [0.3, 0.4) is 0 Å². The number of rotatable bonds is 24. The summed E-state index contributed by atoms with van der Waals surface area (Å²) in [5, 5.41) is 0. The number of hydrogen-bond donors (Lipinski definition) is 0. The maximum Gasteiger partial charge on any atom is -0.0351 e. The van der Waals surface area contributed by atoms with Crippen LogP contribution in [0.5, 0.6) is 0 Å². The third kappa shape index (κ3) is 19.7. The lowest BCUT2D eigenvalue weighted by Crippen LogP contribution is -2.15. The Labute approximate surface area is 193 Å². The van der Waals surface area contributed by atoms with E-state index in [4.69, 9.17) is 0 Å². The zero-order valence-electron chi connectivity index (χ0n) is 21.9. The molecule has 0 aromatic heterocycles. The summed E-state index contributed by atoms with van der Waals surface area (Å²) < 4.78 is 0. The summed E-state index contributed by atoms with van der Waals surface area (Å²) in [5.74, 6) is 2.03. The van der Waals surface area contributed by atoms with Gasteiger partial charge in [-0.25, -0.2) is 0 Å². The molecule has 0 rings (SSSR count). The maximum atomic E-state index is 2.46. The van der Waals surface area contributed by atoms with Crippen molar-refractivity contribution in [2.75, 3.05) is 0 Å². The summed E-state index contributed by atoms with van der Waals surface area (Å²) in [7, 11) is 0. The molecule has 0 saturated carbocycles. The largest absolute Gasteiger partial charge is 0.0885 e. The van der Waals surface area contributed by atoms with Crippen LogP contribution in [-0.2, 0) is 0 Å². The highest BCUT2D eigenvalue weighted by molar-refractivity contribution is 4.81. The summed E-state index contributed by atoms with van der Waals surface area (Å²) >= 11 is 0. The molecule has 0 aliphatic rings. The van der Waals surface area contributed by atoms with Gasteiger partial charge in [-0.1, -0.05) is 155 Å². The van der Waals surface area contributed by atoms with E-state index in [9.17, 15) is 0 Å². The normalized spacial score (nSPS) is 13.0. The van der Waals surface area contributed by atoms with Crippen molar-refractivity contribution in [1.29, 1.82) is 0 Å². The molecular formula is C30H60. The molecule has 0 aliphatic heterocycles. The van der Waals surface area contributed by atoms with Crippen LogP contribution in [-0.4, -0.2) is 0 Å². The standard InChI is InChI=1S/C30H60/c1-5-9-13-14-15-16-17-18-19-20-21-22-23-24-28-30(27-12-8-4)29(25-10-6-2)26-11-7-3/h18-19,29-30H,5-17,20-28H2,1-4H3/b19-18-. The summed E-state index contributed by atoms with van der Waals surface area (Å²) in [6.45, 7) is 9.38. The molecule has 0 heterocycles. The molecule has 0 spiro atoms. The molecule has 1 atom stereocenters. The summed E-state index contributed by atoms with van der Waals surface area (Å²) in [6.07, 6.45) is 36.3. The fourth-order valence-electron chi connectivity index (χ4n) is 4.93. The van der Waals surface area contributed by atoms with Crippen LogP contribution in [0, 0.1) is 11.8 Å². The molecule has 1 unspecified atom stereocenters. The molecule has 0 aromatic rings. The van der Waals surface area contributed by atoms with Gasteiger partial charge in [0.05, 0.1) is 0 Å². The lowest BCUT2D eigenvalue weighted by molar-refractivity contribution is 0.241. The SMILES string of the molecule is CCCCCCCC/C=C\CCCCCCC(CCCC)C(CCCC)CCCC. The van der Waals surface area contributed by atoms with Crippen molar-refractivity contribution in [1.82, 2.24) is 0 Å². The Balaban J connectivity index is 3.89. The molecule has 0 nitrogen and oxygen atoms in total. The molecular weight excluding hydrogens is 360 g/mol. The van der Waals surface area contributed by atoms with Gasteiger partial charge in [-0.2, -0.15) is 0 Å². The summed E-state index contributed by atoms with van der Waals surface area (Å²) in [6, 6.07) is 0. The van der Waals surface area contributed by atoms with E-state index in [1.54, 1.807) is 0 Å². The number of allylic oxidation sites excluding steroid dienone is 2. The number of hydrogen-bond acceptors (Lipinski definition) is 0. The lowest BCUT2D eigenvalue weighted by Gasteiger charge is -2.27. The molecule has 0 bridgehead atoms. The second kappa shape index (κ2) is 25.0. The third-order valence-electron chi connectivity index (χ3n) is 7.04. The van der Waals surface area contributed by atoms with Gasteiger partial charge in [0.15, 0.2) is 0 Å². The minimum Gasteiger partial charge on any atom is -0.0885 e. The van der Waals surface area contributed by atoms with E-state index in [1.807, 2.05) is 0 Å². The topological polar surface area (TPSA) is 0 Å². The minimum atomic E-state index is 1.01. The Kier molecular flexibility index (Phi) is 24.8. The Bertz CT molecular complexity index is 321. The zero-order valence-corrected chi connectivity index (χ0v) is 21.9. The minimum absolute atomic E-state index is 1.01. The maximum absolute atomic E-state index is 2.46. The highest BCUT2D eigenvalue weighted by Crippen LogP contribution is 2.32. The average molecular weight is 421 g/mol. The predicted molar refractivity (Wildman–Crippen MR) is 140 cm³/mol. The Morgan fingerprint density at radius 1 is 0.367 bits per heavy atom. The molecule has 180 valence electrons. The van der Waals surface area contributed by atoms with Crippen LogP contribution in [0.15, 0.2) is 12.2 Å². The van der Waals surface area contributed by atoms with Crippen molar-refractivity contribution >= 4 is 0 Å². The van der Waals surface area contributed by atoms with Crippen LogP contribution < -0.4 is 0 Å². The average Bonchev–Trinajstić information content (AvgIpc) is 2.76. The highest BCUT2D eigenvalue weighted by Gasteiger charge is 2.19. The molecule has 0 aromatic carbocycles. The van der Waals surface area contributed by atoms with Gasteiger partial charge in [0, 0.05) is 0 Å². The van der Waals surface area contributed by atoms with Crippen molar-refractivity contribution in [3.05, 3.63) is 12.2 Å². The van der Waals surface area contributed by atoms with Crippen molar-refractivity contribution in [2.24, 2.45) is 11.8 Å². The number of unbranched alkanes of at least 4 members (excludes halogenated alkanes) is 13. The van der Waals surface area contributed by atoms with E-state index in [0.29, 0.717) is 0 Å². The first-order chi connectivity index (χ1) is 14.8. The van der Waals surface area contributed by atoms with E-state index in [1.165, 1.54) is 141 Å². The van der Waals surface area contributed by atoms with E-state index in [-0.39, 0.29) is 0 Å². The first-order valence-corrected chi connectivity index (χ1v) is 14.4. The van der Waals surface area contributed by atoms with Crippen molar-refractivity contribution in [2.45, 2.75) is 169 Å². The first kappa shape index (κ1) is 29.7. The molecule has 0 radical (unpaired) electrons. The monoisotopic (exact) mass is 420 g/mol. The first-order valence-electron chi connectivity index (χ1n) is 14.4. The van der Waals surface area contributed by atoms with Crippen molar-refractivity contribution in [3.63, 3.8) is 0 Å². The summed E-state index contributed by atoms with van der Waals surface area (Å²) in [5.41, 5.74) is 0. The van der Waals surface area contributed by atoms with Crippen LogP contribution in [0.1, 0.15) is 169 Å². The lowest BCUT2D eigenvalue weighted by atomic mass is 9.78. The second-order valence-corrected chi connectivity index (χ2v) is 9.97. The van der Waals surface area contributed by atoms with Crippen LogP contribution in [0.2, 0.25) is 0 Å². The van der Waals surface area contributed by atoms with Crippen LogP contribution in [0.4, 0.5) is 0 Å². The van der Waals surface area contributed by atoms with Crippen LogP contribution >= 0.6 is 0 Å². The van der Waals surface area contributed by atoms with Gasteiger partial charge in [-0.05, 0) is 37.5 Å². The third-order valence-corrected chi connectivity index (χ3v) is 7.04. The molecule has 0 heteroatoms. The molecule has 0 aliphatic carbocycles.